The molecule has 1 fully saturated rings. The van der Waals surface area contributed by atoms with Crippen LogP contribution >= 0.6 is 11.8 Å². The van der Waals surface area contributed by atoms with Crippen molar-refractivity contribution in [2.75, 3.05) is 44.7 Å². The maximum atomic E-state index is 13.4. The zero-order valence-corrected chi connectivity index (χ0v) is 19.3. The van der Waals surface area contributed by atoms with Gasteiger partial charge in [-0.25, -0.2) is 9.97 Å². The molecule has 3 rings (SSSR count). The fraction of sp³-hybridized carbons (Fsp3) is 0.500. The first kappa shape index (κ1) is 24.3. The van der Waals surface area contributed by atoms with Gasteiger partial charge in [-0.05, 0) is 30.7 Å². The zero-order chi connectivity index (χ0) is 23.3. The average molecular weight is 468 g/mol. The van der Waals surface area contributed by atoms with Crippen LogP contribution in [0.2, 0.25) is 0 Å². The number of thioether (sulfide) groups is 1. The number of nitrogens with one attached hydrogen (secondary N) is 1. The number of aromatic nitrogens is 2. The molecule has 0 unspecified atom stereocenters. The van der Waals surface area contributed by atoms with Crippen molar-refractivity contribution in [2.24, 2.45) is 5.92 Å². The second-order valence-corrected chi connectivity index (χ2v) is 9.21. The molecule has 1 aliphatic heterocycles. The van der Waals surface area contributed by atoms with E-state index >= 15 is 0 Å². The molecule has 1 aromatic carbocycles. The molecule has 2 aromatic rings. The van der Waals surface area contributed by atoms with Crippen LogP contribution in [0.5, 0.6) is 0 Å². The van der Waals surface area contributed by atoms with Gasteiger partial charge in [0.2, 0.25) is 0 Å². The van der Waals surface area contributed by atoms with Crippen molar-refractivity contribution in [1.29, 1.82) is 0 Å². The van der Waals surface area contributed by atoms with Gasteiger partial charge in [0.1, 0.15) is 5.82 Å². The second kappa shape index (κ2) is 10.5. The molecule has 1 saturated heterocycles. The van der Waals surface area contributed by atoms with Crippen molar-refractivity contribution in [3.63, 3.8) is 0 Å². The third-order valence-corrected chi connectivity index (χ3v) is 5.98. The molecular formula is C22H28F3N5OS. The Balaban J connectivity index is 1.69. The average Bonchev–Trinajstić information content (AvgIpc) is 2.76. The third kappa shape index (κ3) is 6.83. The number of benzene rings is 1. The van der Waals surface area contributed by atoms with Crippen LogP contribution in [-0.2, 0) is 11.9 Å². The van der Waals surface area contributed by atoms with Crippen LogP contribution in [-0.4, -0.2) is 60.5 Å². The number of anilines is 1. The maximum absolute atomic E-state index is 13.4. The third-order valence-electron chi connectivity index (χ3n) is 5.06. The zero-order valence-electron chi connectivity index (χ0n) is 18.4. The summed E-state index contributed by atoms with van der Waals surface area (Å²) in [6.45, 7) is 7.41. The molecule has 0 spiro atoms. The number of nitrogens with zero attached hydrogens (tertiary/aromatic N) is 4. The summed E-state index contributed by atoms with van der Waals surface area (Å²) in [4.78, 5) is 24.3. The number of amides is 1. The lowest BCUT2D eigenvalue weighted by atomic mass is 10.1. The van der Waals surface area contributed by atoms with Crippen LogP contribution in [0.3, 0.4) is 0 Å². The molecule has 6 nitrogen and oxygen atoms in total. The molecule has 0 radical (unpaired) electrons. The van der Waals surface area contributed by atoms with Crippen LogP contribution < -0.4 is 10.2 Å². The van der Waals surface area contributed by atoms with E-state index in [2.05, 4.69) is 20.2 Å². The Labute approximate surface area is 190 Å². The van der Waals surface area contributed by atoms with Gasteiger partial charge in [0.05, 0.1) is 0 Å². The van der Waals surface area contributed by atoms with Gasteiger partial charge in [-0.3, -0.25) is 4.79 Å². The normalized spacial score (nSPS) is 15.3. The molecule has 1 aliphatic rings. The Morgan fingerprint density at radius 3 is 2.38 bits per heavy atom. The topological polar surface area (TPSA) is 61.4 Å². The molecule has 1 amide bonds. The molecule has 1 N–H and O–H groups in total. The first-order valence-corrected chi connectivity index (χ1v) is 11.5. The summed E-state index contributed by atoms with van der Waals surface area (Å²) >= 11 is 1.15. The lowest BCUT2D eigenvalue weighted by Crippen LogP contribution is -2.45. The van der Waals surface area contributed by atoms with E-state index in [1.165, 1.54) is 0 Å². The monoisotopic (exact) mass is 467 g/mol. The smallest absolute Gasteiger partial charge is 0.354 e. The van der Waals surface area contributed by atoms with E-state index in [0.29, 0.717) is 42.7 Å². The van der Waals surface area contributed by atoms with Gasteiger partial charge < -0.3 is 15.1 Å². The summed E-state index contributed by atoms with van der Waals surface area (Å²) in [7, 11) is 1.99. The predicted octanol–water partition coefficient (Wildman–Crippen LogP) is 3.93. The number of piperazine rings is 1. The highest BCUT2D eigenvalue weighted by atomic mass is 32.2. The highest BCUT2D eigenvalue weighted by molar-refractivity contribution is 7.98. The molecule has 32 heavy (non-hydrogen) atoms. The van der Waals surface area contributed by atoms with Gasteiger partial charge in [-0.1, -0.05) is 37.7 Å². The molecule has 174 valence electrons. The Hall–Kier alpha value is -2.33. The summed E-state index contributed by atoms with van der Waals surface area (Å²) in [5, 5.41) is 2.95. The fourth-order valence-electron chi connectivity index (χ4n) is 3.12. The van der Waals surface area contributed by atoms with Gasteiger partial charge in [0, 0.05) is 50.1 Å². The van der Waals surface area contributed by atoms with Crippen molar-refractivity contribution >= 4 is 23.5 Å². The van der Waals surface area contributed by atoms with E-state index in [1.807, 2.05) is 25.8 Å². The molecule has 2 heterocycles. The Bertz CT molecular complexity index is 913. The lowest BCUT2D eigenvalue weighted by molar-refractivity contribution is -0.141. The quantitative estimate of drug-likeness (QED) is 0.492. The van der Waals surface area contributed by atoms with Crippen molar-refractivity contribution in [3.05, 3.63) is 47.2 Å². The largest absolute Gasteiger partial charge is 0.433 e. The number of likely N-dealkylation sites (N-methyl/N-ethyl adjacent to an activating group) is 1. The van der Waals surface area contributed by atoms with E-state index in [9.17, 15) is 18.0 Å². The minimum absolute atomic E-state index is 0.0903. The summed E-state index contributed by atoms with van der Waals surface area (Å²) in [6.07, 6.45) is -4.54. The van der Waals surface area contributed by atoms with E-state index in [0.717, 1.165) is 36.5 Å². The number of halogens is 3. The van der Waals surface area contributed by atoms with Gasteiger partial charge in [-0.2, -0.15) is 13.2 Å². The van der Waals surface area contributed by atoms with Crippen LogP contribution in [0.15, 0.2) is 35.5 Å². The van der Waals surface area contributed by atoms with Crippen LogP contribution in [0.1, 0.15) is 35.5 Å². The Morgan fingerprint density at radius 2 is 1.78 bits per heavy atom. The number of rotatable bonds is 7. The second-order valence-electron chi connectivity index (χ2n) is 8.27. The van der Waals surface area contributed by atoms with Crippen molar-refractivity contribution < 1.29 is 18.0 Å². The summed E-state index contributed by atoms with van der Waals surface area (Å²) in [5.74, 6) is 0.922. The van der Waals surface area contributed by atoms with Crippen LogP contribution in [0.25, 0.3) is 0 Å². The fourth-order valence-corrected chi connectivity index (χ4v) is 3.93. The summed E-state index contributed by atoms with van der Waals surface area (Å²) in [5.41, 5.74) is 0.491. The van der Waals surface area contributed by atoms with E-state index in [-0.39, 0.29) is 11.1 Å². The molecule has 10 heteroatoms. The Kier molecular flexibility index (Phi) is 8.00. The van der Waals surface area contributed by atoms with Gasteiger partial charge >= 0.3 is 6.18 Å². The number of alkyl halides is 3. The van der Waals surface area contributed by atoms with Crippen molar-refractivity contribution in [1.82, 2.24) is 20.2 Å². The van der Waals surface area contributed by atoms with Crippen molar-refractivity contribution in [3.8, 4) is 0 Å². The maximum Gasteiger partial charge on any atom is 0.433 e. The first-order valence-electron chi connectivity index (χ1n) is 10.5. The minimum atomic E-state index is -4.54. The molecule has 1 aromatic heterocycles. The standard InChI is InChI=1S/C22H28F3N5OS/c1-15(2)13-26-20(31)17-6-4-16(5-7-17)14-32-21-27-18(22(23,24)25)12-19(28-21)30-10-8-29(3)9-11-30/h4-7,12,15H,8-11,13-14H2,1-3H3,(H,26,31). The number of hydrogen-bond donors (Lipinski definition) is 1. The van der Waals surface area contributed by atoms with Crippen molar-refractivity contribution in [2.45, 2.75) is 30.9 Å². The highest BCUT2D eigenvalue weighted by Crippen LogP contribution is 2.32. The molecule has 0 bridgehead atoms. The first-order chi connectivity index (χ1) is 15.1. The van der Waals surface area contributed by atoms with Crippen LogP contribution in [0.4, 0.5) is 19.0 Å². The molecule has 0 atom stereocenters. The minimum Gasteiger partial charge on any atom is -0.354 e. The number of hydrogen-bond acceptors (Lipinski definition) is 6. The van der Waals surface area contributed by atoms with Gasteiger partial charge in [-0.15, -0.1) is 0 Å². The SMILES string of the molecule is CC(C)CNC(=O)c1ccc(CSc2nc(N3CCN(C)CC3)cc(C(F)(F)F)n2)cc1. The van der Waals surface area contributed by atoms with E-state index < -0.39 is 11.9 Å². The molecule has 0 aliphatic carbocycles. The Morgan fingerprint density at radius 1 is 1.12 bits per heavy atom. The van der Waals surface area contributed by atoms with Crippen LogP contribution in [0, 0.1) is 5.92 Å². The molecule has 0 saturated carbocycles. The van der Waals surface area contributed by atoms with E-state index in [4.69, 9.17) is 0 Å². The summed E-state index contributed by atoms with van der Waals surface area (Å²) < 4.78 is 40.2. The highest BCUT2D eigenvalue weighted by Gasteiger charge is 2.34. The van der Waals surface area contributed by atoms with Gasteiger partial charge in [0.15, 0.2) is 10.9 Å². The lowest BCUT2D eigenvalue weighted by Gasteiger charge is -2.33. The van der Waals surface area contributed by atoms with E-state index in [1.54, 1.807) is 24.3 Å². The number of carbonyl (C=O) groups excluding carboxylic acids is 1. The molecular weight excluding hydrogens is 439 g/mol. The number of carbonyl (C=O) groups is 1. The predicted molar refractivity (Wildman–Crippen MR) is 120 cm³/mol. The summed E-state index contributed by atoms with van der Waals surface area (Å²) in [6, 6.07) is 8.06. The van der Waals surface area contributed by atoms with Gasteiger partial charge in [0.25, 0.3) is 5.91 Å².